The van der Waals surface area contributed by atoms with Gasteiger partial charge in [0.1, 0.15) is 59.1 Å². The van der Waals surface area contributed by atoms with Crippen LogP contribution in [-0.2, 0) is 17.8 Å². The van der Waals surface area contributed by atoms with Crippen molar-refractivity contribution in [2.45, 2.75) is 80.1 Å². The molecule has 1 N–H and O–H groups in total. The van der Waals surface area contributed by atoms with Crippen LogP contribution in [0.3, 0.4) is 0 Å². The number of alkyl halides is 7. The summed E-state index contributed by atoms with van der Waals surface area (Å²) in [6.07, 6.45) is 8.67. The van der Waals surface area contributed by atoms with Crippen molar-refractivity contribution in [3.05, 3.63) is 190 Å². The molecule has 0 saturated carbocycles. The number of aromatic nitrogens is 21. The molecule has 0 spiro atoms. The second-order valence-corrected chi connectivity index (χ2v) is 60.1. The van der Waals surface area contributed by atoms with E-state index >= 15 is 0 Å². The molecule has 13 aromatic rings. The van der Waals surface area contributed by atoms with Crippen LogP contribution in [0.2, 0.25) is 0 Å². The van der Waals surface area contributed by atoms with Gasteiger partial charge < -0.3 is 5.11 Å². The molecule has 25 nitrogen and oxygen atoms in total. The molecular weight excluding hydrogens is 2020 g/mol. The summed E-state index contributed by atoms with van der Waals surface area (Å²) in [6, 6.07) is 11.9. The Morgan fingerprint density at radius 1 is 0.520 bits per heavy atom. The van der Waals surface area contributed by atoms with E-state index in [0.717, 1.165) is 69.1 Å². The molecular formula is C57H49Br3F6I4N21O4S2V. The Morgan fingerprint density at radius 2 is 0.898 bits per heavy atom. The number of carbonyl (C=O) groups excluding carboxylic acids is 2. The van der Waals surface area contributed by atoms with Crippen molar-refractivity contribution in [2.24, 2.45) is 0 Å². The van der Waals surface area contributed by atoms with Crippen LogP contribution >= 0.6 is 153 Å². The van der Waals surface area contributed by atoms with E-state index in [2.05, 4.69) is 207 Å². The van der Waals surface area contributed by atoms with Crippen LogP contribution in [0.25, 0.3) is 44.7 Å². The van der Waals surface area contributed by atoms with Gasteiger partial charge in [0.05, 0.1) is 42.7 Å². The quantitative estimate of drug-likeness (QED) is 0.0407. The molecule has 13 aromatic heterocycles. The fourth-order valence-electron chi connectivity index (χ4n) is 8.70. The third-order valence-electron chi connectivity index (χ3n) is 13.1. The second kappa shape index (κ2) is 37.2. The standard InChI is InChI=1S/C22H18F2N8OS.C19H15BrF2N6O.C11H6BrF2N5O2.C3H3BrN2S.CH3I.CH4.3HI.V/c1-12-3-4-14(8-25-12)5-6-19(33)15-7-16(32-17(20(23)24)10-27-30-32)21-26-9-18(31(21)11-15)22-29-28-13(2)34-22;1-11-2-3-12(7-23-11)4-5-16(29)13-6-14(19-24-9-17(20)27(19)10-13)28-15(18(21)22)8-25-26-28;12-8-3-15-10-6(1-5(11(20)21)4-18(8)10)19-7(9(13)14)2-16-17-19;1-2-5-6-3(4)7-2;1-2;;;;;/h3-4,7-11,20H,5-6H2,1-2H3;2-3,6-10,18H,4-5H2,1H3;1-4,9H,(H,20,21);1H3;1H3;1H4;3*1H;/q;;;;;;;;;+3/p-3. The predicted molar refractivity (Wildman–Crippen MR) is 396 cm³/mol. The fourth-order valence-corrected chi connectivity index (χ4v) is 11.3. The normalized spacial score (nSPS) is 11.0. The van der Waals surface area contributed by atoms with Crippen LogP contribution in [0.1, 0.15) is 120 Å². The van der Waals surface area contributed by atoms with Crippen molar-refractivity contribution in [2.75, 3.05) is 4.93 Å². The number of carboxylic acid groups (broad SMARTS) is 1. The van der Waals surface area contributed by atoms with Gasteiger partial charge in [-0.3, -0.25) is 32.8 Å². The van der Waals surface area contributed by atoms with Crippen molar-refractivity contribution < 1.29 is 50.8 Å². The average molecular weight is 2070 g/mol. The summed E-state index contributed by atoms with van der Waals surface area (Å²) in [5.74, 6) is -1.49. The first kappa shape index (κ1) is 79.6. The first-order valence-electron chi connectivity index (χ1n) is 27.3. The Morgan fingerprint density at radius 3 is 1.24 bits per heavy atom. The second-order valence-electron chi connectivity index (χ2n) is 19.5. The molecule has 514 valence electrons. The number of Topliss-reactive ketones (excluding diaryl/α,β-unsaturated/α-hetero) is 2. The number of aromatic carboxylic acids is 1. The van der Waals surface area contributed by atoms with E-state index in [9.17, 15) is 40.7 Å². The SMILES string of the molecule is C.CI.Cc1ccc(CCC(=O)c2cc(-n3nncc3C(F)F)c3ncc(-c4nnc(C)s4)n3c2)cn1.Cc1ccc(CCC(=O)c2cc(-n3nncc3C(F)F)c3ncc(Br)n3c2)cn1.Cc1nnc(Br)s1.O=C(O)c1cc(-n2nncc2C(F)F)c2ncc(Br)n2c1.[I][V]([I])[I]. The summed E-state index contributed by atoms with van der Waals surface area (Å²) in [7, 11) is 0. The van der Waals surface area contributed by atoms with Crippen LogP contribution in [-0.4, -0.2) is 131 Å². The zero-order valence-corrected chi connectivity index (χ0v) is 66.6. The fraction of sp³-hybridized carbons (Fsp3) is 0.228. The first-order valence-corrected chi connectivity index (χ1v) is 47.0. The number of hydrogen-bond donors (Lipinski definition) is 1. The Kier molecular flexibility index (Phi) is 30.2. The van der Waals surface area contributed by atoms with Gasteiger partial charge in [0.2, 0.25) is 0 Å². The first-order chi connectivity index (χ1) is 46.3. The van der Waals surface area contributed by atoms with E-state index in [-0.39, 0.29) is 70.7 Å². The summed E-state index contributed by atoms with van der Waals surface area (Å²) >= 11 is 22.2. The number of nitrogens with zero attached hydrogens (tertiary/aromatic N) is 21. The van der Waals surface area contributed by atoms with Crippen molar-refractivity contribution >= 4 is 187 Å². The molecule has 0 aliphatic heterocycles. The predicted octanol–water partition coefficient (Wildman–Crippen LogP) is 16.6. The molecule has 0 atom stereocenters. The van der Waals surface area contributed by atoms with Crippen LogP contribution in [0.15, 0.2) is 124 Å². The third-order valence-corrected chi connectivity index (χ3v) is 16.4. The molecule has 0 amide bonds. The van der Waals surface area contributed by atoms with Gasteiger partial charge in [0.25, 0.3) is 19.3 Å². The van der Waals surface area contributed by atoms with Crippen molar-refractivity contribution in [1.29, 1.82) is 0 Å². The number of fused-ring (bicyclic) bond motifs is 3. The van der Waals surface area contributed by atoms with E-state index in [1.807, 2.05) is 56.9 Å². The summed E-state index contributed by atoms with van der Waals surface area (Å²) in [5, 5.41) is 49.0. The molecule has 0 saturated heterocycles. The molecule has 0 aliphatic carbocycles. The zero-order valence-electron chi connectivity index (χ0n) is 50.2. The summed E-state index contributed by atoms with van der Waals surface area (Å²) in [6.45, 7) is 7.54. The number of ketones is 2. The van der Waals surface area contributed by atoms with Crippen molar-refractivity contribution in [3.8, 4) is 27.8 Å². The number of hydrogen-bond acceptors (Lipinski definition) is 20. The topological polar surface area (TPSA) is 293 Å². The number of imidazole rings is 3. The molecule has 0 bridgehead atoms. The third kappa shape index (κ3) is 20.5. The minimum absolute atomic E-state index is 0. The summed E-state index contributed by atoms with van der Waals surface area (Å²) < 4.78 is 89.3. The van der Waals surface area contributed by atoms with Gasteiger partial charge in [-0.25, -0.2) is 60.1 Å². The Bertz CT molecular complexity index is 4830. The van der Waals surface area contributed by atoms with Gasteiger partial charge >= 0.3 is 70.8 Å². The van der Waals surface area contributed by atoms with Gasteiger partial charge in [-0.2, -0.15) is 0 Å². The molecule has 0 aliphatic rings. The molecule has 98 heavy (non-hydrogen) atoms. The van der Waals surface area contributed by atoms with Crippen LogP contribution < -0.4 is 0 Å². The van der Waals surface area contributed by atoms with Gasteiger partial charge in [-0.15, -0.1) is 35.7 Å². The number of pyridine rings is 5. The van der Waals surface area contributed by atoms with E-state index in [4.69, 9.17) is 5.11 Å². The molecule has 0 unspecified atom stereocenters. The average Bonchev–Trinajstić information content (AvgIpc) is 1.63. The number of rotatable bonds is 16. The monoisotopic (exact) mass is 2060 g/mol. The number of aryl methyl sites for hydroxylation is 6. The number of carboxylic acids is 1. The van der Waals surface area contributed by atoms with Gasteiger partial charge in [0, 0.05) is 66.3 Å². The van der Waals surface area contributed by atoms with E-state index in [1.54, 1.807) is 39.8 Å². The molecule has 0 aromatic carbocycles. The molecule has 41 heteroatoms. The van der Waals surface area contributed by atoms with Gasteiger partial charge in [0.15, 0.2) is 37.4 Å². The van der Waals surface area contributed by atoms with Crippen LogP contribution in [0.4, 0.5) is 26.3 Å². The maximum absolute atomic E-state index is 13.6. The van der Waals surface area contributed by atoms with Crippen LogP contribution in [0, 0.1) is 27.7 Å². The summed E-state index contributed by atoms with van der Waals surface area (Å²) in [4.78, 5) is 60.1. The van der Waals surface area contributed by atoms with Gasteiger partial charge in [-0.1, -0.05) is 80.5 Å². The molecule has 13 heterocycles. The number of halogens is 13. The number of carbonyl (C=O) groups is 3. The zero-order chi connectivity index (χ0) is 70.4. The minimum atomic E-state index is -2.80. The van der Waals surface area contributed by atoms with Crippen molar-refractivity contribution in [3.63, 3.8) is 0 Å². The van der Waals surface area contributed by atoms with Crippen LogP contribution in [0.5, 0.6) is 0 Å². The van der Waals surface area contributed by atoms with Crippen molar-refractivity contribution in [1.82, 2.24) is 103 Å². The Hall–Kier alpha value is -5.76. The molecule has 0 radical (unpaired) electrons. The van der Waals surface area contributed by atoms with E-state index < -0.39 is 36.6 Å². The molecule has 13 rings (SSSR count). The maximum atomic E-state index is 13.6. The van der Waals surface area contributed by atoms with Gasteiger partial charge in [-0.05, 0) is 135 Å². The van der Waals surface area contributed by atoms with E-state index in [0.29, 0.717) is 55.2 Å². The summed E-state index contributed by atoms with van der Waals surface area (Å²) in [5.41, 5.74) is 5.25. The Balaban J connectivity index is 0.000000192. The van der Waals surface area contributed by atoms with E-state index in [1.165, 1.54) is 63.9 Å². The molecule has 0 fully saturated rings. The Labute approximate surface area is 637 Å².